The summed E-state index contributed by atoms with van der Waals surface area (Å²) in [6.07, 6.45) is -5.82. The van der Waals surface area contributed by atoms with E-state index >= 15 is 9.59 Å². The van der Waals surface area contributed by atoms with Crippen LogP contribution in [0.3, 0.4) is 0 Å². The summed E-state index contributed by atoms with van der Waals surface area (Å²) in [5.74, 6) is -10.2. The molecule has 1 aromatic heterocycles. The van der Waals surface area contributed by atoms with Gasteiger partial charge in [0, 0.05) is 43.2 Å². The standard InChI is InChI=1S/C63H74N6O20/c1-36-44(30-63(81)55(88-58(79)41-23-15-10-16-24-41)53-61(6,27-26-45-62(53,34-83-45)89-38(3)71)54(75)51(85-37(2)70)49(36)60(63,4)5)86-59(80)52(50(39-19-11-8-12-20-39)66-56(76)40-21-13-9-14-22-40)87-48(74)33-82-32-47(73)84-35-69-31-42(67-68-69)29-46(72)65-28-18-17-25-43(64-7)57(77)78/h8-16,19-24,31,43-45,50-53,55,64,81H,17-18,25-30,32-35H2,1-7H3,(H,65,72)(H,66,76)(H,77,78)/t43-,44+,45-,50+,51-,52-,53+,55+,61-,62+,63-/m1/s1. The van der Waals surface area contributed by atoms with Gasteiger partial charge in [0.25, 0.3) is 5.91 Å². The summed E-state index contributed by atoms with van der Waals surface area (Å²) in [4.78, 5) is 137. The molecule has 0 unspecified atom stereocenters. The maximum Gasteiger partial charge on any atom is 0.350 e. The van der Waals surface area contributed by atoms with Crippen LogP contribution in [-0.4, -0.2) is 166 Å². The number of carboxylic acid groups (broad SMARTS) is 1. The Balaban J connectivity index is 1.07. The molecule has 2 bridgehead atoms. The fourth-order valence-corrected chi connectivity index (χ4v) is 12.7. The van der Waals surface area contributed by atoms with Crippen LogP contribution in [0.5, 0.6) is 0 Å². The van der Waals surface area contributed by atoms with Gasteiger partial charge in [-0.25, -0.2) is 23.9 Å². The van der Waals surface area contributed by atoms with E-state index < -0.39 is 150 Å². The minimum Gasteiger partial charge on any atom is -0.480 e. The normalized spacial score (nSPS) is 25.0. The predicted molar refractivity (Wildman–Crippen MR) is 308 cm³/mol. The van der Waals surface area contributed by atoms with Gasteiger partial charge in [0.1, 0.15) is 49.2 Å². The summed E-state index contributed by atoms with van der Waals surface area (Å²) in [6, 6.07) is 21.5. The summed E-state index contributed by atoms with van der Waals surface area (Å²) in [5, 5.41) is 39.3. The zero-order valence-electron chi connectivity index (χ0n) is 50.4. The molecular formula is C63H74N6O20. The third-order valence-corrected chi connectivity index (χ3v) is 17.2. The largest absolute Gasteiger partial charge is 0.480 e. The first-order valence-corrected chi connectivity index (χ1v) is 29.2. The average Bonchev–Trinajstić information content (AvgIpc) is 0.801. The van der Waals surface area contributed by atoms with Crippen LogP contribution in [0.25, 0.3) is 0 Å². The van der Waals surface area contributed by atoms with Gasteiger partial charge in [-0.3, -0.25) is 28.8 Å². The number of aromatic nitrogens is 3. The maximum absolute atomic E-state index is 15.8. The molecule has 3 fully saturated rings. The molecular weight excluding hydrogens is 1160 g/mol. The fourth-order valence-electron chi connectivity index (χ4n) is 12.7. The molecule has 89 heavy (non-hydrogen) atoms. The van der Waals surface area contributed by atoms with E-state index in [1.807, 2.05) is 0 Å². The number of ether oxygens (including phenoxy) is 8. The van der Waals surface area contributed by atoms with E-state index in [-0.39, 0.29) is 65.3 Å². The number of carbonyl (C=O) groups is 10. The average molecular weight is 1240 g/mol. The summed E-state index contributed by atoms with van der Waals surface area (Å²) in [5.41, 5.74) is -6.70. The number of likely N-dealkylation sites (N-methyl/N-ethyl adjacent to an activating group) is 1. The van der Waals surface area contributed by atoms with Gasteiger partial charge in [0.2, 0.25) is 12.0 Å². The molecule has 11 atom stereocenters. The van der Waals surface area contributed by atoms with Crippen molar-refractivity contribution in [2.75, 3.05) is 33.4 Å². The molecule has 2 saturated carbocycles. The van der Waals surface area contributed by atoms with E-state index in [4.69, 9.17) is 37.9 Å². The second-order valence-electron chi connectivity index (χ2n) is 23.3. The molecule has 476 valence electrons. The van der Waals surface area contributed by atoms with Crippen LogP contribution < -0.4 is 16.0 Å². The molecule has 1 saturated heterocycles. The van der Waals surface area contributed by atoms with Crippen molar-refractivity contribution in [3.05, 3.63) is 131 Å². The number of benzene rings is 3. The minimum atomic E-state index is -2.43. The first kappa shape index (κ1) is 66.2. The molecule has 2 heterocycles. The first-order chi connectivity index (χ1) is 42.3. The molecule has 4 aliphatic rings. The van der Waals surface area contributed by atoms with Crippen molar-refractivity contribution in [1.82, 2.24) is 30.9 Å². The van der Waals surface area contributed by atoms with Crippen LogP contribution >= 0.6 is 0 Å². The number of hydrogen-bond donors (Lipinski definition) is 5. The van der Waals surface area contributed by atoms with Gasteiger partial charge in [-0.15, -0.1) is 5.10 Å². The van der Waals surface area contributed by atoms with Gasteiger partial charge < -0.3 is 64.1 Å². The molecule has 0 spiro atoms. The molecule has 3 aromatic carbocycles. The number of esters is 6. The molecule has 26 nitrogen and oxygen atoms in total. The first-order valence-electron chi connectivity index (χ1n) is 29.2. The van der Waals surface area contributed by atoms with E-state index in [0.717, 1.165) is 11.6 Å². The second-order valence-corrected chi connectivity index (χ2v) is 23.3. The Morgan fingerprint density at radius 3 is 2.10 bits per heavy atom. The van der Waals surface area contributed by atoms with Crippen molar-refractivity contribution in [3.8, 4) is 0 Å². The predicted octanol–water partition coefficient (Wildman–Crippen LogP) is 3.63. The summed E-state index contributed by atoms with van der Waals surface area (Å²) in [7, 11) is 1.56. The number of rotatable bonds is 26. The summed E-state index contributed by atoms with van der Waals surface area (Å²) < 4.78 is 48.9. The molecule has 2 amide bonds. The van der Waals surface area contributed by atoms with E-state index in [1.54, 1.807) is 94.5 Å². The number of carboxylic acids is 1. The van der Waals surface area contributed by atoms with Crippen molar-refractivity contribution < 1.29 is 96.1 Å². The SMILES string of the molecule is CN[C@H](CCCCNC(=O)Cc1cn(COC(=O)COCC(=O)O[C@@H](C(=O)O[C@H]2C[C@@]3(O)[C@@H](OC(=O)c4ccccc4)[C@@H]4[C@]5(OC(C)=O)CO[C@@H]5CC[C@@]4(C)C(=O)[C@H](OC(C)=O)C(=C2C)C3(C)C)[C@@H](NC(=O)c2ccccc2)c2ccccc2)nn1)C(=O)O. The highest BCUT2D eigenvalue weighted by atomic mass is 16.6. The van der Waals surface area contributed by atoms with Crippen LogP contribution in [-0.2, 0) is 89.4 Å². The minimum absolute atomic E-state index is 0.00106. The Hall–Kier alpha value is -8.72. The van der Waals surface area contributed by atoms with Gasteiger partial charge in [0.15, 0.2) is 24.2 Å². The Morgan fingerprint density at radius 1 is 0.831 bits per heavy atom. The number of unbranched alkanes of at least 4 members (excludes halogenated alkanes) is 1. The van der Waals surface area contributed by atoms with Crippen molar-refractivity contribution in [3.63, 3.8) is 0 Å². The highest BCUT2D eigenvalue weighted by Crippen LogP contribution is 2.64. The van der Waals surface area contributed by atoms with Crippen LogP contribution in [0, 0.1) is 16.7 Å². The summed E-state index contributed by atoms with van der Waals surface area (Å²) in [6.45, 7) is 6.26. The number of nitrogens with one attached hydrogen (secondary N) is 3. The number of aliphatic hydroxyl groups is 1. The van der Waals surface area contributed by atoms with Gasteiger partial charge in [-0.1, -0.05) is 92.7 Å². The molecule has 1 aliphatic heterocycles. The fraction of sp³-hybridized carbons (Fsp3) is 0.492. The van der Waals surface area contributed by atoms with E-state index in [0.29, 0.717) is 25.8 Å². The molecule has 26 heteroatoms. The van der Waals surface area contributed by atoms with Gasteiger partial charge in [-0.2, -0.15) is 0 Å². The maximum atomic E-state index is 15.8. The molecule has 5 N–H and O–H groups in total. The van der Waals surface area contributed by atoms with Gasteiger partial charge >= 0.3 is 41.8 Å². The number of nitrogens with zero attached hydrogens (tertiary/aromatic N) is 3. The number of fused-ring (bicyclic) bond motifs is 5. The third kappa shape index (κ3) is 14.6. The highest BCUT2D eigenvalue weighted by Gasteiger charge is 2.76. The Labute approximate surface area is 512 Å². The molecule has 8 rings (SSSR count). The summed E-state index contributed by atoms with van der Waals surface area (Å²) >= 11 is 0. The van der Waals surface area contributed by atoms with Crippen LogP contribution in [0.15, 0.2) is 108 Å². The third-order valence-electron chi connectivity index (χ3n) is 17.2. The lowest BCUT2D eigenvalue weighted by atomic mass is 9.45. The lowest BCUT2D eigenvalue weighted by Crippen LogP contribution is -2.79. The molecule has 0 radical (unpaired) electrons. The Morgan fingerprint density at radius 2 is 1.48 bits per heavy atom. The molecule has 4 aromatic rings. The van der Waals surface area contributed by atoms with Crippen LogP contribution in [0.1, 0.15) is 118 Å². The number of Topliss-reactive ketones (excluding diaryl/α,β-unsaturated/α-hetero) is 1. The second kappa shape index (κ2) is 28.2. The Bertz CT molecular complexity index is 3320. The van der Waals surface area contributed by atoms with Crippen LogP contribution in [0.4, 0.5) is 0 Å². The van der Waals surface area contributed by atoms with Crippen molar-refractivity contribution in [2.24, 2.45) is 16.7 Å². The quantitative estimate of drug-likeness (QED) is 0.0259. The highest BCUT2D eigenvalue weighted by molar-refractivity contribution is 5.96. The van der Waals surface area contributed by atoms with Gasteiger partial charge in [0.05, 0.1) is 36.4 Å². The number of hydrogen-bond acceptors (Lipinski definition) is 22. The van der Waals surface area contributed by atoms with Crippen molar-refractivity contribution >= 4 is 59.4 Å². The lowest BCUT2D eigenvalue weighted by molar-refractivity contribution is -0.332. The number of carbonyl (C=O) groups excluding carboxylic acids is 9. The number of aliphatic carboxylic acids is 1. The lowest BCUT2D eigenvalue weighted by Gasteiger charge is -2.66. The van der Waals surface area contributed by atoms with Crippen molar-refractivity contribution in [1.29, 1.82) is 0 Å². The monoisotopic (exact) mass is 1230 g/mol. The van der Waals surface area contributed by atoms with E-state index in [2.05, 4.69) is 26.3 Å². The number of ketones is 1. The topological polar surface area (TPSA) is 352 Å². The van der Waals surface area contributed by atoms with Crippen LogP contribution in [0.2, 0.25) is 0 Å². The Kier molecular flexibility index (Phi) is 21.0. The number of amides is 2. The van der Waals surface area contributed by atoms with Gasteiger partial charge in [-0.05, 0) is 87.1 Å². The molecule has 3 aliphatic carbocycles. The smallest absolute Gasteiger partial charge is 0.350 e. The van der Waals surface area contributed by atoms with E-state index in [9.17, 15) is 48.6 Å². The zero-order chi connectivity index (χ0) is 64.4. The zero-order valence-corrected chi connectivity index (χ0v) is 50.4. The van der Waals surface area contributed by atoms with E-state index in [1.165, 1.54) is 44.3 Å². The van der Waals surface area contributed by atoms with Crippen molar-refractivity contribution in [2.45, 2.75) is 147 Å².